The molecule has 3 aromatic rings. The van der Waals surface area contributed by atoms with Gasteiger partial charge in [0.15, 0.2) is 5.69 Å². The number of benzene rings is 1. The first-order valence-electron chi connectivity index (χ1n) is 9.61. The SMILES string of the molecule is CCCCn1c(N)c(N(C)C(=O)Cn2c(C)nc3ccccc3c2=O)c(=O)[nH]c1=O. The number of nitrogens with one attached hydrogen (secondary N) is 1. The predicted octanol–water partition coefficient (Wildman–Crippen LogP) is 0.600. The molecule has 0 aliphatic carbocycles. The van der Waals surface area contributed by atoms with Crippen molar-refractivity contribution in [3.05, 3.63) is 61.3 Å². The number of para-hydroxylation sites is 1. The zero-order chi connectivity index (χ0) is 22.0. The third kappa shape index (κ3) is 3.76. The van der Waals surface area contributed by atoms with E-state index in [4.69, 9.17) is 5.73 Å². The van der Waals surface area contributed by atoms with Gasteiger partial charge in [0.1, 0.15) is 18.2 Å². The minimum atomic E-state index is -0.762. The Bertz CT molecular complexity index is 1290. The smallest absolute Gasteiger partial charge is 0.330 e. The topological polar surface area (TPSA) is 136 Å². The number of aromatic nitrogens is 4. The van der Waals surface area contributed by atoms with E-state index in [0.717, 1.165) is 11.3 Å². The van der Waals surface area contributed by atoms with Crippen molar-refractivity contribution in [2.45, 2.75) is 39.8 Å². The second-order valence-electron chi connectivity index (χ2n) is 7.02. The van der Waals surface area contributed by atoms with Gasteiger partial charge in [0.2, 0.25) is 5.91 Å². The maximum atomic E-state index is 12.9. The van der Waals surface area contributed by atoms with Gasteiger partial charge in [-0.25, -0.2) is 9.78 Å². The van der Waals surface area contributed by atoms with Crippen LogP contribution in [-0.4, -0.2) is 32.1 Å². The number of hydrogen-bond donors (Lipinski definition) is 2. The molecule has 1 aromatic carbocycles. The first kappa shape index (κ1) is 21.0. The largest absolute Gasteiger partial charge is 0.383 e. The number of nitrogens with two attached hydrogens (primary N) is 1. The molecular weight excluding hydrogens is 388 g/mol. The van der Waals surface area contributed by atoms with Gasteiger partial charge in [0.05, 0.1) is 10.9 Å². The number of hydrogen-bond acceptors (Lipinski definition) is 6. The molecule has 2 aromatic heterocycles. The molecule has 0 spiro atoms. The maximum absolute atomic E-state index is 12.9. The summed E-state index contributed by atoms with van der Waals surface area (Å²) < 4.78 is 2.48. The van der Waals surface area contributed by atoms with Gasteiger partial charge in [0.25, 0.3) is 11.1 Å². The molecule has 0 unspecified atom stereocenters. The minimum Gasteiger partial charge on any atom is -0.383 e. The molecule has 10 heteroatoms. The van der Waals surface area contributed by atoms with E-state index in [9.17, 15) is 19.2 Å². The van der Waals surface area contributed by atoms with Gasteiger partial charge in [-0.05, 0) is 25.5 Å². The number of rotatable bonds is 6. The Morgan fingerprint density at radius 3 is 2.60 bits per heavy atom. The van der Waals surface area contributed by atoms with Crippen molar-refractivity contribution in [2.24, 2.45) is 0 Å². The van der Waals surface area contributed by atoms with Crippen molar-refractivity contribution < 1.29 is 4.79 Å². The molecule has 0 aliphatic heterocycles. The molecular formula is C20H24N6O4. The van der Waals surface area contributed by atoms with Crippen molar-refractivity contribution >= 4 is 28.3 Å². The van der Waals surface area contributed by atoms with E-state index in [-0.39, 0.29) is 23.6 Å². The lowest BCUT2D eigenvalue weighted by Gasteiger charge is -2.21. The monoisotopic (exact) mass is 412 g/mol. The fourth-order valence-electron chi connectivity index (χ4n) is 3.27. The Balaban J connectivity index is 2.00. The van der Waals surface area contributed by atoms with Crippen molar-refractivity contribution in [3.8, 4) is 0 Å². The average molecular weight is 412 g/mol. The molecule has 0 fully saturated rings. The lowest BCUT2D eigenvalue weighted by atomic mass is 10.2. The molecule has 30 heavy (non-hydrogen) atoms. The van der Waals surface area contributed by atoms with Gasteiger partial charge < -0.3 is 10.6 Å². The highest BCUT2D eigenvalue weighted by Gasteiger charge is 2.22. The van der Waals surface area contributed by atoms with Crippen LogP contribution in [0.1, 0.15) is 25.6 Å². The van der Waals surface area contributed by atoms with E-state index < -0.39 is 17.2 Å². The maximum Gasteiger partial charge on any atom is 0.330 e. The Morgan fingerprint density at radius 2 is 1.90 bits per heavy atom. The summed E-state index contributed by atoms with van der Waals surface area (Å²) in [5, 5.41) is 0.393. The number of aromatic amines is 1. The molecule has 3 N–H and O–H groups in total. The van der Waals surface area contributed by atoms with Crippen LogP contribution in [-0.2, 0) is 17.9 Å². The standard InChI is InChI=1S/C20H24N6O4/c1-4-5-10-25-17(21)16(18(28)23-20(25)30)24(3)15(27)11-26-12(2)22-14-9-7-6-8-13(14)19(26)29/h6-9H,4-5,10-11,21H2,1-3H3,(H,23,28,30). The van der Waals surface area contributed by atoms with Crippen LogP contribution in [0.25, 0.3) is 10.9 Å². The van der Waals surface area contributed by atoms with Gasteiger partial charge >= 0.3 is 5.69 Å². The van der Waals surface area contributed by atoms with Crippen molar-refractivity contribution in [1.82, 2.24) is 19.1 Å². The Kier molecular flexibility index (Phi) is 5.86. The van der Waals surface area contributed by atoms with Gasteiger partial charge in [-0.3, -0.25) is 28.5 Å². The molecule has 2 heterocycles. The minimum absolute atomic E-state index is 0.0891. The number of nitrogen functional groups attached to an aromatic ring is 1. The fraction of sp³-hybridized carbons (Fsp3) is 0.350. The van der Waals surface area contributed by atoms with Crippen molar-refractivity contribution in [3.63, 3.8) is 0 Å². The molecule has 0 radical (unpaired) electrons. The van der Waals surface area contributed by atoms with Crippen LogP contribution >= 0.6 is 0 Å². The Labute approximate surface area is 171 Å². The zero-order valence-corrected chi connectivity index (χ0v) is 17.1. The van der Waals surface area contributed by atoms with Gasteiger partial charge in [-0.1, -0.05) is 25.5 Å². The fourth-order valence-corrected chi connectivity index (χ4v) is 3.27. The van der Waals surface area contributed by atoms with E-state index in [1.54, 1.807) is 31.2 Å². The van der Waals surface area contributed by atoms with Crippen LogP contribution in [0, 0.1) is 6.92 Å². The van der Waals surface area contributed by atoms with Crippen LogP contribution in [0.2, 0.25) is 0 Å². The van der Waals surface area contributed by atoms with Gasteiger partial charge in [0, 0.05) is 13.6 Å². The van der Waals surface area contributed by atoms with E-state index >= 15 is 0 Å². The third-order valence-electron chi connectivity index (χ3n) is 5.00. The highest BCUT2D eigenvalue weighted by Crippen LogP contribution is 2.16. The molecule has 10 nitrogen and oxygen atoms in total. The molecule has 0 saturated carbocycles. The van der Waals surface area contributed by atoms with Crippen molar-refractivity contribution in [1.29, 1.82) is 0 Å². The lowest BCUT2D eigenvalue weighted by molar-refractivity contribution is -0.119. The summed E-state index contributed by atoms with van der Waals surface area (Å²) in [5.74, 6) is -0.265. The number of H-pyrrole nitrogens is 1. The Hall–Kier alpha value is -3.69. The first-order valence-corrected chi connectivity index (χ1v) is 9.61. The number of carbonyl (C=O) groups is 1. The number of nitrogens with zero attached hydrogens (tertiary/aromatic N) is 4. The van der Waals surface area contributed by atoms with E-state index in [2.05, 4.69) is 9.97 Å². The Morgan fingerprint density at radius 1 is 1.20 bits per heavy atom. The number of unbranched alkanes of at least 4 members (excludes halogenated alkanes) is 1. The second-order valence-corrected chi connectivity index (χ2v) is 7.02. The summed E-state index contributed by atoms with van der Waals surface area (Å²) >= 11 is 0. The molecule has 3 rings (SSSR count). The van der Waals surface area contributed by atoms with E-state index in [1.165, 1.54) is 16.2 Å². The van der Waals surface area contributed by atoms with Gasteiger partial charge in [-0.15, -0.1) is 0 Å². The summed E-state index contributed by atoms with van der Waals surface area (Å²) in [6, 6.07) is 6.86. The normalized spacial score (nSPS) is 11.0. The summed E-state index contributed by atoms with van der Waals surface area (Å²) in [5.41, 5.74) is 4.73. The molecule has 0 aliphatic rings. The van der Waals surface area contributed by atoms with Crippen LogP contribution in [0.3, 0.4) is 0 Å². The highest BCUT2D eigenvalue weighted by atomic mass is 16.2. The van der Waals surface area contributed by atoms with E-state index in [0.29, 0.717) is 29.7 Å². The third-order valence-corrected chi connectivity index (χ3v) is 5.00. The lowest BCUT2D eigenvalue weighted by Crippen LogP contribution is -2.41. The predicted molar refractivity (Wildman–Crippen MR) is 115 cm³/mol. The second kappa shape index (κ2) is 8.36. The average Bonchev–Trinajstić information content (AvgIpc) is 2.70. The van der Waals surface area contributed by atoms with Crippen LogP contribution in [0.5, 0.6) is 0 Å². The molecule has 0 bridgehead atoms. The summed E-state index contributed by atoms with van der Waals surface area (Å²) in [7, 11) is 1.38. The highest BCUT2D eigenvalue weighted by molar-refractivity contribution is 5.95. The number of carbonyl (C=O) groups excluding carboxylic acids is 1. The summed E-state index contributed by atoms with van der Waals surface area (Å²) in [6.07, 6.45) is 1.51. The van der Waals surface area contributed by atoms with Crippen LogP contribution < -0.4 is 27.4 Å². The number of anilines is 2. The van der Waals surface area contributed by atoms with E-state index in [1.807, 2.05) is 6.92 Å². The number of aryl methyl sites for hydroxylation is 1. The number of likely N-dealkylation sites (N-methyl/N-ethyl adjacent to an activating group) is 1. The van der Waals surface area contributed by atoms with Crippen molar-refractivity contribution in [2.75, 3.05) is 17.7 Å². The number of amides is 1. The quantitative estimate of drug-likeness (QED) is 0.608. The summed E-state index contributed by atoms with van der Waals surface area (Å²) in [4.78, 5) is 57.8. The number of fused-ring (bicyclic) bond motifs is 1. The summed E-state index contributed by atoms with van der Waals surface area (Å²) in [6.45, 7) is 3.58. The first-order chi connectivity index (χ1) is 14.3. The van der Waals surface area contributed by atoms with Gasteiger partial charge in [-0.2, -0.15) is 0 Å². The molecule has 1 amide bonds. The molecule has 0 atom stereocenters. The zero-order valence-electron chi connectivity index (χ0n) is 17.1. The van der Waals surface area contributed by atoms with Crippen LogP contribution in [0.4, 0.5) is 11.5 Å². The van der Waals surface area contributed by atoms with Crippen LogP contribution in [0.15, 0.2) is 38.6 Å². The molecule has 158 valence electrons. The molecule has 0 saturated heterocycles.